The van der Waals surface area contributed by atoms with Crippen molar-refractivity contribution in [3.05, 3.63) is 23.5 Å². The zero-order valence-electron chi connectivity index (χ0n) is 7.74. The van der Waals surface area contributed by atoms with Crippen molar-refractivity contribution in [2.24, 2.45) is 0 Å². The van der Waals surface area contributed by atoms with Gasteiger partial charge in [0.15, 0.2) is 0 Å². The summed E-state index contributed by atoms with van der Waals surface area (Å²) in [4.78, 5) is 14.1. The maximum Gasteiger partial charge on any atom is 0.315 e. The second-order valence-corrected chi connectivity index (χ2v) is 2.80. The van der Waals surface area contributed by atoms with Gasteiger partial charge in [-0.2, -0.15) is 0 Å². The van der Waals surface area contributed by atoms with E-state index < -0.39 is 5.97 Å². The zero-order chi connectivity index (χ0) is 10.6. The van der Waals surface area contributed by atoms with E-state index in [2.05, 4.69) is 16.8 Å². The van der Waals surface area contributed by atoms with Crippen LogP contribution in [0.4, 0.5) is 5.69 Å². The smallest absolute Gasteiger partial charge is 0.315 e. The number of carboxylic acids is 1. The maximum atomic E-state index is 10.2. The summed E-state index contributed by atoms with van der Waals surface area (Å²) < 4.78 is 0. The highest BCUT2D eigenvalue weighted by atomic mass is 16.4. The van der Waals surface area contributed by atoms with Crippen LogP contribution in [0, 0.1) is 18.8 Å². The number of aryl methyl sites for hydroxylation is 1. The summed E-state index contributed by atoms with van der Waals surface area (Å²) >= 11 is 0. The van der Waals surface area contributed by atoms with Crippen LogP contribution < -0.4 is 5.73 Å². The molecule has 0 radical (unpaired) electrons. The molecular weight excluding hydrogens is 180 g/mol. The summed E-state index contributed by atoms with van der Waals surface area (Å²) in [5.74, 6) is 4.20. The zero-order valence-corrected chi connectivity index (χ0v) is 7.74. The Hall–Kier alpha value is -2.02. The van der Waals surface area contributed by atoms with Gasteiger partial charge in [-0.25, -0.2) is 4.98 Å². The largest absolute Gasteiger partial charge is 0.481 e. The normalized spacial score (nSPS) is 8.93. The Bertz CT molecular complexity index is 416. The van der Waals surface area contributed by atoms with Crippen LogP contribution in [0.3, 0.4) is 0 Å². The fourth-order valence-electron chi connectivity index (χ4n) is 0.845. The van der Waals surface area contributed by atoms with Gasteiger partial charge >= 0.3 is 5.97 Å². The lowest BCUT2D eigenvalue weighted by atomic mass is 10.2. The van der Waals surface area contributed by atoms with Crippen molar-refractivity contribution in [1.82, 2.24) is 4.98 Å². The van der Waals surface area contributed by atoms with E-state index in [1.165, 1.54) is 6.20 Å². The highest BCUT2D eigenvalue weighted by Gasteiger charge is 1.95. The highest BCUT2D eigenvalue weighted by Crippen LogP contribution is 2.08. The number of pyridine rings is 1. The van der Waals surface area contributed by atoms with Crippen LogP contribution in [0.1, 0.15) is 17.7 Å². The number of rotatable bonds is 1. The van der Waals surface area contributed by atoms with Gasteiger partial charge in [-0.3, -0.25) is 4.79 Å². The standard InChI is InChI=1S/C10H10N2O2/c1-7-5-8(12-6-9(7)11)3-2-4-10(13)14/h5-6H,4,11H2,1H3,(H,13,14). The van der Waals surface area contributed by atoms with E-state index in [9.17, 15) is 4.79 Å². The Labute approximate surface area is 81.8 Å². The number of hydrogen-bond donors (Lipinski definition) is 2. The second kappa shape index (κ2) is 4.28. The van der Waals surface area contributed by atoms with Crippen LogP contribution in [0.5, 0.6) is 0 Å². The molecule has 72 valence electrons. The minimum Gasteiger partial charge on any atom is -0.481 e. The number of nitrogens with zero attached hydrogens (tertiary/aromatic N) is 1. The molecule has 1 aromatic rings. The molecule has 0 atom stereocenters. The fraction of sp³-hybridized carbons (Fsp3) is 0.200. The molecule has 0 fully saturated rings. The van der Waals surface area contributed by atoms with E-state index in [-0.39, 0.29) is 6.42 Å². The first-order valence-electron chi connectivity index (χ1n) is 4.02. The molecule has 0 unspecified atom stereocenters. The first-order chi connectivity index (χ1) is 6.59. The molecule has 0 aliphatic heterocycles. The van der Waals surface area contributed by atoms with Crippen molar-refractivity contribution < 1.29 is 9.90 Å². The van der Waals surface area contributed by atoms with Crippen molar-refractivity contribution in [1.29, 1.82) is 0 Å². The molecule has 0 aliphatic rings. The first kappa shape index (κ1) is 10.1. The van der Waals surface area contributed by atoms with Gasteiger partial charge < -0.3 is 10.8 Å². The van der Waals surface area contributed by atoms with E-state index in [1.807, 2.05) is 6.92 Å². The molecule has 14 heavy (non-hydrogen) atoms. The summed E-state index contributed by atoms with van der Waals surface area (Å²) in [7, 11) is 0. The minimum absolute atomic E-state index is 0.175. The molecule has 0 bridgehead atoms. The van der Waals surface area contributed by atoms with Crippen LogP contribution in [-0.2, 0) is 4.79 Å². The molecule has 1 aromatic heterocycles. The van der Waals surface area contributed by atoms with E-state index in [4.69, 9.17) is 10.8 Å². The summed E-state index contributed by atoms with van der Waals surface area (Å²) in [6.07, 6.45) is 1.34. The molecule has 4 heteroatoms. The number of hydrogen-bond acceptors (Lipinski definition) is 3. The van der Waals surface area contributed by atoms with Crippen LogP contribution in [-0.4, -0.2) is 16.1 Å². The van der Waals surface area contributed by atoms with Gasteiger partial charge in [-0.05, 0) is 24.5 Å². The number of anilines is 1. The van der Waals surface area contributed by atoms with Gasteiger partial charge in [-0.1, -0.05) is 5.92 Å². The van der Waals surface area contributed by atoms with Gasteiger partial charge in [-0.15, -0.1) is 0 Å². The highest BCUT2D eigenvalue weighted by molar-refractivity contribution is 5.70. The van der Waals surface area contributed by atoms with E-state index >= 15 is 0 Å². The van der Waals surface area contributed by atoms with Crippen LogP contribution in [0.2, 0.25) is 0 Å². The van der Waals surface area contributed by atoms with Gasteiger partial charge in [0, 0.05) is 0 Å². The Morgan fingerprint density at radius 3 is 3.00 bits per heavy atom. The Kier molecular flexibility index (Phi) is 3.08. The van der Waals surface area contributed by atoms with E-state index in [1.54, 1.807) is 6.07 Å². The molecule has 0 aromatic carbocycles. The topological polar surface area (TPSA) is 76.2 Å². The quantitative estimate of drug-likeness (QED) is 0.642. The number of nitrogens with two attached hydrogens (primary N) is 1. The van der Waals surface area contributed by atoms with Crippen LogP contribution in [0.25, 0.3) is 0 Å². The van der Waals surface area contributed by atoms with Crippen molar-refractivity contribution in [2.75, 3.05) is 5.73 Å². The van der Waals surface area contributed by atoms with Crippen molar-refractivity contribution >= 4 is 11.7 Å². The Balaban J connectivity index is 2.81. The lowest BCUT2D eigenvalue weighted by Crippen LogP contribution is -1.93. The van der Waals surface area contributed by atoms with Crippen LogP contribution in [0.15, 0.2) is 12.3 Å². The SMILES string of the molecule is Cc1cc(C#CCC(=O)O)ncc1N. The predicted molar refractivity (Wildman–Crippen MR) is 52.5 cm³/mol. The molecule has 1 heterocycles. The number of carbonyl (C=O) groups is 1. The molecule has 1 rings (SSSR count). The van der Waals surface area contributed by atoms with Gasteiger partial charge in [0.2, 0.25) is 0 Å². The van der Waals surface area contributed by atoms with Crippen molar-refractivity contribution in [3.63, 3.8) is 0 Å². The van der Waals surface area contributed by atoms with Gasteiger partial charge in [0.25, 0.3) is 0 Å². The summed E-state index contributed by atoms with van der Waals surface area (Å²) in [5, 5.41) is 8.35. The molecule has 0 saturated heterocycles. The molecule has 4 nitrogen and oxygen atoms in total. The molecule has 0 aliphatic carbocycles. The average molecular weight is 190 g/mol. The van der Waals surface area contributed by atoms with Crippen LogP contribution >= 0.6 is 0 Å². The fourth-order valence-corrected chi connectivity index (χ4v) is 0.845. The molecule has 0 amide bonds. The van der Waals surface area contributed by atoms with E-state index in [0.29, 0.717) is 11.4 Å². The minimum atomic E-state index is -0.940. The number of aliphatic carboxylic acids is 1. The Morgan fingerprint density at radius 2 is 2.43 bits per heavy atom. The average Bonchev–Trinajstić information content (AvgIpc) is 2.10. The second-order valence-electron chi connectivity index (χ2n) is 2.80. The maximum absolute atomic E-state index is 10.2. The van der Waals surface area contributed by atoms with Crippen molar-refractivity contribution in [3.8, 4) is 11.8 Å². The third-order valence-electron chi connectivity index (χ3n) is 1.61. The number of carboxylic acid groups (broad SMARTS) is 1. The first-order valence-corrected chi connectivity index (χ1v) is 4.02. The van der Waals surface area contributed by atoms with Gasteiger partial charge in [0.1, 0.15) is 12.1 Å². The molecule has 3 N–H and O–H groups in total. The number of nitrogen functional groups attached to an aromatic ring is 1. The summed E-state index contributed by atoms with van der Waals surface area (Å²) in [6, 6.07) is 1.73. The molecule has 0 spiro atoms. The van der Waals surface area contributed by atoms with Gasteiger partial charge in [0.05, 0.1) is 11.9 Å². The third kappa shape index (κ3) is 2.79. The summed E-state index contributed by atoms with van der Waals surface area (Å²) in [6.45, 7) is 1.85. The predicted octanol–water partition coefficient (Wildman–Crippen LogP) is 0.798. The summed E-state index contributed by atoms with van der Waals surface area (Å²) in [5.41, 5.74) is 7.59. The molecule has 0 saturated carbocycles. The monoisotopic (exact) mass is 190 g/mol. The third-order valence-corrected chi connectivity index (χ3v) is 1.61. The molecular formula is C10H10N2O2. The van der Waals surface area contributed by atoms with E-state index in [0.717, 1.165) is 5.56 Å². The van der Waals surface area contributed by atoms with Crippen molar-refractivity contribution in [2.45, 2.75) is 13.3 Å². The lowest BCUT2D eigenvalue weighted by Gasteiger charge is -1.97. The lowest BCUT2D eigenvalue weighted by molar-refractivity contribution is -0.135. The number of aromatic nitrogens is 1. The Morgan fingerprint density at radius 1 is 1.71 bits per heavy atom.